The van der Waals surface area contributed by atoms with E-state index in [9.17, 15) is 14.4 Å². The Labute approximate surface area is 222 Å². The van der Waals surface area contributed by atoms with Gasteiger partial charge in [0.25, 0.3) is 0 Å². The van der Waals surface area contributed by atoms with E-state index in [0.29, 0.717) is 0 Å². The molecule has 212 valence electrons. The molecule has 0 saturated heterocycles. The van der Waals surface area contributed by atoms with E-state index < -0.39 is 55.9 Å². The predicted molar refractivity (Wildman–Crippen MR) is 130 cm³/mol. The summed E-state index contributed by atoms with van der Waals surface area (Å²) >= 11 is 0. The van der Waals surface area contributed by atoms with Gasteiger partial charge < -0.3 is 14.2 Å². The molecule has 0 radical (unpaired) electrons. The van der Waals surface area contributed by atoms with Gasteiger partial charge in [0.2, 0.25) is 0 Å². The Hall–Kier alpha value is -5.77. The van der Waals surface area contributed by atoms with E-state index in [1.165, 1.54) is 0 Å². The van der Waals surface area contributed by atoms with Crippen LogP contribution in [0.1, 0.15) is 0 Å². The number of azide groups is 6. The third kappa shape index (κ3) is 17.6. The topological polar surface area (TPSA) is 375 Å². The average molecular weight is 563 g/mol. The number of hydrogen-bond acceptors (Lipinski definition) is 13. The molecule has 0 aliphatic carbocycles. The maximum absolute atomic E-state index is 12.5. The molecule has 0 unspecified atom stereocenters. The zero-order valence-electron chi connectivity index (χ0n) is 20.5. The predicted octanol–water partition coefficient (Wildman–Crippen LogP) is 2.89. The summed E-state index contributed by atoms with van der Waals surface area (Å²) in [5, 5.41) is 19.4. The van der Waals surface area contributed by atoms with E-state index >= 15 is 0 Å². The first-order chi connectivity index (χ1) is 19.3. The minimum Gasteiger partial charge on any atom is -0.461 e. The molecule has 0 saturated carbocycles. The van der Waals surface area contributed by atoms with E-state index in [0.717, 1.165) is 4.90 Å². The first-order valence-electron chi connectivity index (χ1n) is 10.7. The van der Waals surface area contributed by atoms with Gasteiger partial charge in [0.15, 0.2) is 0 Å². The zero-order valence-corrected chi connectivity index (χ0v) is 20.5. The zero-order chi connectivity index (χ0) is 30.0. The number of ether oxygens (including phenoxy) is 3. The van der Waals surface area contributed by atoms with Crippen molar-refractivity contribution in [1.82, 2.24) is 4.90 Å². The first-order valence-corrected chi connectivity index (χ1v) is 10.7. The Balaban J connectivity index is 5.70. The van der Waals surface area contributed by atoms with Crippen LogP contribution >= 0.6 is 0 Å². The molecule has 0 amide bonds. The number of hydrogen-bond donors (Lipinski definition) is 0. The summed E-state index contributed by atoms with van der Waals surface area (Å²) in [4.78, 5) is 53.5. The maximum atomic E-state index is 12.5. The van der Waals surface area contributed by atoms with E-state index in [-0.39, 0.29) is 39.3 Å². The maximum Gasteiger partial charge on any atom is 0.320 e. The lowest BCUT2D eigenvalue weighted by Gasteiger charge is -2.23. The van der Waals surface area contributed by atoms with E-state index in [4.69, 9.17) is 47.4 Å². The highest BCUT2D eigenvalue weighted by Gasteiger charge is 2.25. The number of carbonyl (C=O) groups excluding carboxylic acids is 3. The second-order valence-corrected chi connectivity index (χ2v) is 6.96. The third-order valence-corrected chi connectivity index (χ3v) is 4.04. The molecule has 25 heteroatoms. The molecular formula is C15H21N19O6. The van der Waals surface area contributed by atoms with Gasteiger partial charge in [-0.15, -0.1) is 0 Å². The molecule has 0 aromatic rings. The Kier molecular flexibility index (Phi) is 19.2. The molecule has 0 rings (SSSR count). The Morgan fingerprint density at radius 3 is 0.850 bits per heavy atom. The molecule has 0 atom stereocenters. The molecule has 0 spiro atoms. The highest BCUT2D eigenvalue weighted by molar-refractivity contribution is 5.78. The Morgan fingerprint density at radius 2 is 0.675 bits per heavy atom. The van der Waals surface area contributed by atoms with Crippen LogP contribution in [0.3, 0.4) is 0 Å². The van der Waals surface area contributed by atoms with Crippen LogP contribution in [0.4, 0.5) is 0 Å². The van der Waals surface area contributed by atoms with Crippen LogP contribution in [0.25, 0.3) is 62.7 Å². The van der Waals surface area contributed by atoms with Gasteiger partial charge in [-0.2, -0.15) is 0 Å². The van der Waals surface area contributed by atoms with Gasteiger partial charge in [0, 0.05) is 29.5 Å². The number of nitrogens with zero attached hydrogens (tertiary/aromatic N) is 19. The summed E-state index contributed by atoms with van der Waals surface area (Å²) in [6, 6.07) is 0. The summed E-state index contributed by atoms with van der Waals surface area (Å²) in [6.07, 6.45) is -3.47. The van der Waals surface area contributed by atoms with Crippen molar-refractivity contribution >= 4 is 17.9 Å². The second kappa shape index (κ2) is 22.4. The fourth-order valence-electron chi connectivity index (χ4n) is 2.55. The highest BCUT2D eigenvalue weighted by Crippen LogP contribution is 2.04. The fraction of sp³-hybridized carbons (Fsp3) is 0.800. The SMILES string of the molecule is [N-]=[N+]=NCC(CN=[N+]=[N-])OC(=O)CN(CC(=O)OC(CN=[N+]=[N-])CN=[N+]=[N-])CC(=O)OC(CN=[N+]=[N-])CN=[N+]=[N-]. The lowest BCUT2D eigenvalue weighted by Crippen LogP contribution is -2.43. The van der Waals surface area contributed by atoms with Crippen molar-refractivity contribution in [2.24, 2.45) is 30.7 Å². The summed E-state index contributed by atoms with van der Waals surface area (Å²) in [6.45, 7) is -4.50. The molecule has 0 N–H and O–H groups in total. The molecule has 0 aliphatic heterocycles. The van der Waals surface area contributed by atoms with Gasteiger partial charge in [-0.25, -0.2) is 0 Å². The average Bonchev–Trinajstić information content (AvgIpc) is 2.92. The summed E-state index contributed by atoms with van der Waals surface area (Å²) in [5.74, 6) is -3.11. The van der Waals surface area contributed by atoms with Crippen molar-refractivity contribution in [2.75, 3.05) is 58.9 Å². The van der Waals surface area contributed by atoms with Crippen LogP contribution < -0.4 is 0 Å². The van der Waals surface area contributed by atoms with Gasteiger partial charge in [0.05, 0.1) is 58.9 Å². The van der Waals surface area contributed by atoms with Crippen molar-refractivity contribution in [2.45, 2.75) is 18.3 Å². The van der Waals surface area contributed by atoms with Crippen molar-refractivity contribution in [3.05, 3.63) is 62.7 Å². The molecule has 0 aliphatic rings. The summed E-state index contributed by atoms with van der Waals surface area (Å²) in [7, 11) is 0. The molecule has 40 heavy (non-hydrogen) atoms. The minimum atomic E-state index is -1.16. The van der Waals surface area contributed by atoms with Gasteiger partial charge in [-0.3, -0.25) is 19.3 Å². The summed E-state index contributed by atoms with van der Waals surface area (Å²) in [5.41, 5.74) is 50.9. The van der Waals surface area contributed by atoms with Gasteiger partial charge in [0.1, 0.15) is 18.3 Å². The van der Waals surface area contributed by atoms with Crippen LogP contribution in [-0.4, -0.2) is 100 Å². The van der Waals surface area contributed by atoms with E-state index in [1.807, 2.05) is 0 Å². The van der Waals surface area contributed by atoms with E-state index in [1.54, 1.807) is 0 Å². The van der Waals surface area contributed by atoms with Gasteiger partial charge >= 0.3 is 17.9 Å². The Bertz CT molecular complexity index is 952. The van der Waals surface area contributed by atoms with Crippen LogP contribution in [0.2, 0.25) is 0 Å². The molecule has 0 bridgehead atoms. The number of carbonyl (C=O) groups is 3. The smallest absolute Gasteiger partial charge is 0.320 e. The number of rotatable bonds is 21. The fourth-order valence-corrected chi connectivity index (χ4v) is 2.55. The molecule has 0 aromatic heterocycles. The standard InChI is InChI=1S/C15H21N19O6/c16-28-22-1-10(2-23-29-17)38-13(35)7-34(8-14(36)39-11(3-24-30-18)4-25-31-19)9-15(37)40-12(5-26-32-20)6-27-33-21/h10-12H,1-9H2. The van der Waals surface area contributed by atoms with E-state index in [2.05, 4.69) is 60.2 Å². The summed E-state index contributed by atoms with van der Waals surface area (Å²) < 4.78 is 15.3. The van der Waals surface area contributed by atoms with Crippen molar-refractivity contribution in [3.63, 3.8) is 0 Å². The Morgan fingerprint density at radius 1 is 0.475 bits per heavy atom. The monoisotopic (exact) mass is 563 g/mol. The van der Waals surface area contributed by atoms with Crippen molar-refractivity contribution < 1.29 is 28.6 Å². The molecular weight excluding hydrogens is 542 g/mol. The molecule has 0 fully saturated rings. The molecule has 0 aromatic carbocycles. The number of esters is 3. The van der Waals surface area contributed by atoms with Crippen molar-refractivity contribution in [3.8, 4) is 0 Å². The van der Waals surface area contributed by atoms with Crippen LogP contribution in [0.5, 0.6) is 0 Å². The first kappa shape index (κ1) is 34.2. The quantitative estimate of drug-likeness (QED) is 0.0659. The lowest BCUT2D eigenvalue weighted by molar-refractivity contribution is -0.156. The van der Waals surface area contributed by atoms with Crippen molar-refractivity contribution in [1.29, 1.82) is 0 Å². The van der Waals surface area contributed by atoms with Crippen LogP contribution in [-0.2, 0) is 28.6 Å². The van der Waals surface area contributed by atoms with Gasteiger partial charge in [-0.1, -0.05) is 30.7 Å². The minimum absolute atomic E-state index is 0.383. The largest absolute Gasteiger partial charge is 0.461 e. The molecule has 0 heterocycles. The second-order valence-electron chi connectivity index (χ2n) is 6.96. The van der Waals surface area contributed by atoms with Gasteiger partial charge in [-0.05, 0) is 33.2 Å². The highest BCUT2D eigenvalue weighted by atomic mass is 16.6. The normalized spacial score (nSPS) is 11.6. The van der Waals surface area contributed by atoms with Crippen LogP contribution in [0.15, 0.2) is 30.7 Å². The lowest BCUT2D eigenvalue weighted by atomic mass is 10.3. The van der Waals surface area contributed by atoms with Crippen LogP contribution in [0, 0.1) is 0 Å². The third-order valence-electron chi connectivity index (χ3n) is 4.04. The molecule has 25 nitrogen and oxygen atoms in total.